The third-order valence-electron chi connectivity index (χ3n) is 4.80. The van der Waals surface area contributed by atoms with E-state index in [-0.39, 0.29) is 30.2 Å². The quantitative estimate of drug-likeness (QED) is 0.616. The Morgan fingerprint density at radius 2 is 2.10 bits per heavy atom. The first-order chi connectivity index (χ1) is 15.1. The molecule has 3 aromatic rings. The van der Waals surface area contributed by atoms with Gasteiger partial charge >= 0.3 is 5.97 Å². The van der Waals surface area contributed by atoms with Gasteiger partial charge in [-0.05, 0) is 30.3 Å². The number of anilines is 1. The van der Waals surface area contributed by atoms with E-state index >= 15 is 0 Å². The van der Waals surface area contributed by atoms with Crippen LogP contribution in [0.4, 0.5) is 5.69 Å². The molecule has 1 atom stereocenters. The van der Waals surface area contributed by atoms with E-state index in [1.165, 1.54) is 18.9 Å². The van der Waals surface area contributed by atoms with Crippen LogP contribution < -0.4 is 10.1 Å². The molecule has 0 saturated carbocycles. The Morgan fingerprint density at radius 1 is 1.26 bits per heavy atom. The van der Waals surface area contributed by atoms with E-state index in [9.17, 15) is 9.59 Å². The van der Waals surface area contributed by atoms with E-state index in [1.807, 2.05) is 18.2 Å². The predicted octanol–water partition coefficient (Wildman–Crippen LogP) is 1.96. The summed E-state index contributed by atoms with van der Waals surface area (Å²) in [5.74, 6) is 0.562. The third-order valence-corrected chi connectivity index (χ3v) is 5.94. The van der Waals surface area contributed by atoms with Gasteiger partial charge in [-0.25, -0.2) is 0 Å². The van der Waals surface area contributed by atoms with Crippen LogP contribution in [0.2, 0.25) is 0 Å². The van der Waals surface area contributed by atoms with Crippen LogP contribution in [0.25, 0.3) is 11.4 Å². The van der Waals surface area contributed by atoms with Crippen LogP contribution >= 0.6 is 11.8 Å². The van der Waals surface area contributed by atoms with Crippen molar-refractivity contribution in [3.63, 3.8) is 0 Å². The molecule has 0 spiro atoms. The number of aromatic nitrogens is 4. The van der Waals surface area contributed by atoms with Crippen LogP contribution in [0.1, 0.15) is 12.0 Å². The fourth-order valence-corrected chi connectivity index (χ4v) is 4.41. The summed E-state index contributed by atoms with van der Waals surface area (Å²) >= 11 is 1.38. The molecule has 5 rings (SSSR count). The second-order valence-electron chi connectivity index (χ2n) is 6.77. The summed E-state index contributed by atoms with van der Waals surface area (Å²) in [6, 6.07) is 9.06. The van der Waals surface area contributed by atoms with Crippen LogP contribution in [-0.2, 0) is 14.3 Å². The van der Waals surface area contributed by atoms with E-state index in [4.69, 9.17) is 14.6 Å². The number of hydrogen-bond acceptors (Lipinski definition) is 9. The SMILES string of the molecule is COC(=O)CC1Sc2nnc(-c3ccncc3)n2N=C1c1ccc2c(c1)NC(=O)CO2. The van der Waals surface area contributed by atoms with Gasteiger partial charge in [0.1, 0.15) is 5.75 Å². The third kappa shape index (κ3) is 3.63. The molecule has 156 valence electrons. The number of benzene rings is 1. The average Bonchev–Trinajstić information content (AvgIpc) is 3.21. The Labute approximate surface area is 180 Å². The molecule has 1 aromatic carbocycles. The summed E-state index contributed by atoms with van der Waals surface area (Å²) in [7, 11) is 1.35. The molecule has 0 saturated heterocycles. The number of rotatable bonds is 4. The van der Waals surface area contributed by atoms with E-state index in [0.29, 0.717) is 28.1 Å². The predicted molar refractivity (Wildman–Crippen MR) is 112 cm³/mol. The summed E-state index contributed by atoms with van der Waals surface area (Å²) in [4.78, 5) is 27.8. The molecule has 10 nitrogen and oxygen atoms in total. The molecule has 31 heavy (non-hydrogen) atoms. The summed E-state index contributed by atoms with van der Waals surface area (Å²) in [5.41, 5.74) is 2.75. The van der Waals surface area contributed by atoms with Gasteiger partial charge < -0.3 is 14.8 Å². The lowest BCUT2D eigenvalue weighted by molar-refractivity contribution is -0.140. The highest BCUT2D eigenvalue weighted by molar-refractivity contribution is 8.00. The van der Waals surface area contributed by atoms with Gasteiger partial charge in [-0.1, -0.05) is 11.8 Å². The number of fused-ring (bicyclic) bond motifs is 2. The lowest BCUT2D eigenvalue weighted by atomic mass is 10.0. The Bertz CT molecular complexity index is 1210. The summed E-state index contributed by atoms with van der Waals surface area (Å²) in [6.07, 6.45) is 3.45. The van der Waals surface area contributed by atoms with E-state index < -0.39 is 0 Å². The minimum atomic E-state index is -0.359. The normalized spacial score (nSPS) is 17.0. The van der Waals surface area contributed by atoms with Gasteiger partial charge in [0.15, 0.2) is 12.4 Å². The van der Waals surface area contributed by atoms with Gasteiger partial charge in [-0.15, -0.1) is 10.2 Å². The second kappa shape index (κ2) is 7.84. The Balaban J connectivity index is 1.60. The van der Waals surface area contributed by atoms with Crippen LogP contribution in [0.15, 0.2) is 53.0 Å². The van der Waals surface area contributed by atoms with Gasteiger partial charge in [-0.3, -0.25) is 14.6 Å². The Kier molecular flexibility index (Phi) is 4.86. The lowest BCUT2D eigenvalue weighted by Crippen LogP contribution is -2.29. The smallest absolute Gasteiger partial charge is 0.307 e. The number of nitrogens with one attached hydrogen (secondary N) is 1. The Hall–Kier alpha value is -3.73. The first-order valence-corrected chi connectivity index (χ1v) is 10.3. The summed E-state index contributed by atoms with van der Waals surface area (Å²) in [5, 5.41) is 16.3. The van der Waals surface area contributed by atoms with Crippen molar-refractivity contribution < 1.29 is 19.1 Å². The second-order valence-corrected chi connectivity index (χ2v) is 7.94. The van der Waals surface area contributed by atoms with Gasteiger partial charge in [0.2, 0.25) is 5.16 Å². The molecule has 11 heteroatoms. The van der Waals surface area contributed by atoms with E-state index in [2.05, 4.69) is 20.5 Å². The molecule has 1 N–H and O–H groups in total. The van der Waals surface area contributed by atoms with Crippen molar-refractivity contribution in [2.45, 2.75) is 16.8 Å². The maximum atomic E-state index is 12.1. The monoisotopic (exact) mass is 436 g/mol. The largest absolute Gasteiger partial charge is 0.482 e. The van der Waals surface area contributed by atoms with E-state index in [0.717, 1.165) is 11.1 Å². The zero-order chi connectivity index (χ0) is 21.4. The number of thioether (sulfide) groups is 1. The van der Waals surface area contributed by atoms with Crippen molar-refractivity contribution >= 4 is 35.0 Å². The van der Waals surface area contributed by atoms with Crippen LogP contribution in [-0.4, -0.2) is 56.4 Å². The molecule has 2 aliphatic rings. The highest BCUT2D eigenvalue weighted by Crippen LogP contribution is 2.36. The van der Waals surface area contributed by atoms with Crippen LogP contribution in [0.3, 0.4) is 0 Å². The number of ether oxygens (including phenoxy) is 2. The number of amides is 1. The van der Waals surface area contributed by atoms with Crippen molar-refractivity contribution in [1.82, 2.24) is 19.9 Å². The summed E-state index contributed by atoms with van der Waals surface area (Å²) < 4.78 is 12.0. The fourth-order valence-electron chi connectivity index (χ4n) is 3.32. The summed E-state index contributed by atoms with van der Waals surface area (Å²) in [6.45, 7) is -0.0204. The van der Waals surface area contributed by atoms with Gasteiger partial charge in [0.05, 0.1) is 30.2 Å². The topological polar surface area (TPSA) is 121 Å². The molecule has 1 unspecified atom stereocenters. The van der Waals surface area contributed by atoms with E-state index in [1.54, 1.807) is 29.2 Å². The number of esters is 1. The number of hydrogen-bond donors (Lipinski definition) is 1. The maximum Gasteiger partial charge on any atom is 0.307 e. The first-order valence-electron chi connectivity index (χ1n) is 9.37. The van der Waals surface area contributed by atoms with Gasteiger partial charge in [0, 0.05) is 23.5 Å². The fraction of sp³-hybridized carbons (Fsp3) is 0.200. The minimum absolute atomic E-state index is 0.0204. The zero-order valence-electron chi connectivity index (χ0n) is 16.3. The molecule has 2 aromatic heterocycles. The highest BCUT2D eigenvalue weighted by atomic mass is 32.2. The molecule has 1 amide bonds. The van der Waals surface area contributed by atoms with Crippen molar-refractivity contribution in [3.05, 3.63) is 48.3 Å². The molecule has 0 radical (unpaired) electrons. The van der Waals surface area contributed by atoms with Crippen molar-refractivity contribution in [3.8, 4) is 17.1 Å². The van der Waals surface area contributed by atoms with Crippen LogP contribution in [0.5, 0.6) is 5.75 Å². The molecule has 0 aliphatic carbocycles. The molecular formula is C20H16N6O4S. The van der Waals surface area contributed by atoms with Gasteiger partial charge in [-0.2, -0.15) is 9.78 Å². The first kappa shape index (κ1) is 19.2. The number of nitrogens with zero attached hydrogens (tertiary/aromatic N) is 5. The highest BCUT2D eigenvalue weighted by Gasteiger charge is 2.32. The number of carbonyl (C=O) groups excluding carboxylic acids is 2. The van der Waals surface area contributed by atoms with Crippen molar-refractivity contribution in [2.75, 3.05) is 19.0 Å². The maximum absolute atomic E-state index is 12.1. The molecule has 4 heterocycles. The Morgan fingerprint density at radius 3 is 2.90 bits per heavy atom. The number of carbonyl (C=O) groups is 2. The van der Waals surface area contributed by atoms with Crippen LogP contribution in [0, 0.1) is 0 Å². The number of methoxy groups -OCH3 is 1. The van der Waals surface area contributed by atoms with Gasteiger partial charge in [0.25, 0.3) is 5.91 Å². The standard InChI is InChI=1S/C20H16N6O4S/c1-29-17(28)9-15-18(12-2-3-14-13(8-12)22-16(27)10-30-14)25-26-19(23-24-20(26)31-15)11-4-6-21-7-5-11/h2-8,15H,9-10H2,1H3,(H,22,27). The number of pyridine rings is 1. The average molecular weight is 436 g/mol. The van der Waals surface area contributed by atoms with Crippen molar-refractivity contribution in [1.29, 1.82) is 0 Å². The zero-order valence-corrected chi connectivity index (χ0v) is 17.1. The van der Waals surface area contributed by atoms with Crippen molar-refractivity contribution in [2.24, 2.45) is 5.10 Å². The molecule has 0 bridgehead atoms. The molecule has 2 aliphatic heterocycles. The molecule has 0 fully saturated rings. The molecular weight excluding hydrogens is 420 g/mol. The minimum Gasteiger partial charge on any atom is -0.482 e. The lowest BCUT2D eigenvalue weighted by Gasteiger charge is -2.24.